The SMILES string of the molecule is COC(=O)c1cc(S(=O)(=O)NCCNC2CCCCCC2)oc1C.Cl. The lowest BCUT2D eigenvalue weighted by atomic mass is 10.1. The number of carbonyl (C=O) groups excluding carboxylic acids is 1. The van der Waals surface area contributed by atoms with Crippen LogP contribution in [0.15, 0.2) is 15.6 Å². The minimum absolute atomic E-state index is 0. The molecule has 0 saturated heterocycles. The van der Waals surface area contributed by atoms with E-state index in [-0.39, 0.29) is 35.4 Å². The molecule has 0 amide bonds. The number of ether oxygens (including phenoxy) is 1. The van der Waals surface area contributed by atoms with Crippen molar-refractivity contribution in [1.29, 1.82) is 0 Å². The zero-order valence-electron chi connectivity index (χ0n) is 14.7. The second-order valence-electron chi connectivity index (χ2n) is 6.07. The molecule has 0 bridgehead atoms. The predicted octanol–water partition coefficient (Wildman–Crippen LogP) is 2.39. The van der Waals surface area contributed by atoms with Gasteiger partial charge in [-0.15, -0.1) is 12.4 Å². The normalized spacial score (nSPS) is 16.1. The van der Waals surface area contributed by atoms with Crippen LogP contribution in [-0.4, -0.2) is 40.6 Å². The molecule has 1 aliphatic rings. The number of halogens is 1. The molecule has 1 aliphatic carbocycles. The molecule has 7 nitrogen and oxygen atoms in total. The highest BCUT2D eigenvalue weighted by atomic mass is 35.5. The molecule has 2 rings (SSSR count). The first kappa shape index (κ1) is 22.0. The summed E-state index contributed by atoms with van der Waals surface area (Å²) in [7, 11) is -2.54. The van der Waals surface area contributed by atoms with Gasteiger partial charge in [-0.3, -0.25) is 0 Å². The van der Waals surface area contributed by atoms with Crippen molar-refractivity contribution in [2.75, 3.05) is 20.2 Å². The first-order valence-corrected chi connectivity index (χ1v) is 9.84. The average molecular weight is 395 g/mol. The van der Waals surface area contributed by atoms with Crippen molar-refractivity contribution in [2.45, 2.75) is 56.6 Å². The zero-order chi connectivity index (χ0) is 17.6. The molecular weight excluding hydrogens is 368 g/mol. The Labute approximate surface area is 155 Å². The maximum absolute atomic E-state index is 12.2. The van der Waals surface area contributed by atoms with Crippen molar-refractivity contribution >= 4 is 28.4 Å². The summed E-state index contributed by atoms with van der Waals surface area (Å²) in [4.78, 5) is 11.5. The summed E-state index contributed by atoms with van der Waals surface area (Å²) in [5, 5.41) is 3.13. The summed E-state index contributed by atoms with van der Waals surface area (Å²) in [6.45, 7) is 2.36. The molecule has 0 radical (unpaired) electrons. The number of hydrogen-bond donors (Lipinski definition) is 2. The van der Waals surface area contributed by atoms with Crippen LogP contribution in [0.2, 0.25) is 0 Å². The highest BCUT2D eigenvalue weighted by molar-refractivity contribution is 7.89. The summed E-state index contributed by atoms with van der Waals surface area (Å²) in [6.07, 6.45) is 7.31. The third-order valence-electron chi connectivity index (χ3n) is 4.27. The van der Waals surface area contributed by atoms with E-state index in [1.54, 1.807) is 0 Å². The fourth-order valence-corrected chi connectivity index (χ4v) is 3.94. The third kappa shape index (κ3) is 6.29. The Morgan fingerprint density at radius 3 is 2.48 bits per heavy atom. The molecule has 0 atom stereocenters. The van der Waals surface area contributed by atoms with E-state index in [0.29, 0.717) is 12.6 Å². The summed E-state index contributed by atoms with van der Waals surface area (Å²) < 4.78 is 36.7. The number of nitrogens with one attached hydrogen (secondary N) is 2. The summed E-state index contributed by atoms with van der Waals surface area (Å²) in [6, 6.07) is 1.66. The summed E-state index contributed by atoms with van der Waals surface area (Å²) in [5.74, 6) is -0.397. The second kappa shape index (κ2) is 10.2. The number of hydrogen-bond acceptors (Lipinski definition) is 6. The van der Waals surface area contributed by atoms with Gasteiger partial charge in [0.25, 0.3) is 10.0 Å². The topological polar surface area (TPSA) is 97.6 Å². The Balaban J connectivity index is 0.00000312. The number of aryl methyl sites for hydroxylation is 1. The van der Waals surface area contributed by atoms with Crippen LogP contribution in [0.5, 0.6) is 0 Å². The fraction of sp³-hybridized carbons (Fsp3) is 0.688. The predicted molar refractivity (Wildman–Crippen MR) is 96.7 cm³/mol. The van der Waals surface area contributed by atoms with Crippen molar-refractivity contribution in [3.63, 3.8) is 0 Å². The maximum atomic E-state index is 12.2. The van der Waals surface area contributed by atoms with E-state index in [1.165, 1.54) is 45.8 Å². The van der Waals surface area contributed by atoms with Gasteiger partial charge in [0.2, 0.25) is 5.09 Å². The monoisotopic (exact) mass is 394 g/mol. The van der Waals surface area contributed by atoms with Crippen LogP contribution in [-0.2, 0) is 14.8 Å². The van der Waals surface area contributed by atoms with Crippen LogP contribution in [0, 0.1) is 6.92 Å². The molecule has 2 N–H and O–H groups in total. The maximum Gasteiger partial charge on any atom is 0.341 e. The highest BCUT2D eigenvalue weighted by Crippen LogP contribution is 2.20. The van der Waals surface area contributed by atoms with Crippen LogP contribution in [0.4, 0.5) is 0 Å². The number of furan rings is 1. The Bertz CT molecular complexity index is 651. The molecule has 144 valence electrons. The standard InChI is InChI=1S/C16H26N2O5S.ClH/c1-12-14(16(19)22-2)11-15(23-12)24(20,21)18-10-9-17-13-7-5-3-4-6-8-13;/h11,13,17-18H,3-10H2,1-2H3;1H. The minimum atomic E-state index is -3.78. The molecule has 1 heterocycles. The van der Waals surface area contributed by atoms with Crippen LogP contribution < -0.4 is 10.0 Å². The lowest BCUT2D eigenvalue weighted by Gasteiger charge is -2.16. The molecule has 0 aliphatic heterocycles. The smallest absolute Gasteiger partial charge is 0.341 e. The van der Waals surface area contributed by atoms with Crippen LogP contribution in [0.3, 0.4) is 0 Å². The van der Waals surface area contributed by atoms with Gasteiger partial charge in [0.15, 0.2) is 0 Å². The van der Waals surface area contributed by atoms with Gasteiger partial charge in [0.1, 0.15) is 11.3 Å². The van der Waals surface area contributed by atoms with Crippen molar-refractivity contribution in [1.82, 2.24) is 10.0 Å². The van der Waals surface area contributed by atoms with Crippen molar-refractivity contribution in [3.8, 4) is 0 Å². The molecule has 1 aromatic rings. The molecule has 1 fully saturated rings. The van der Waals surface area contributed by atoms with E-state index in [0.717, 1.165) is 12.8 Å². The summed E-state index contributed by atoms with van der Waals surface area (Å²) in [5.41, 5.74) is 0.120. The van der Waals surface area contributed by atoms with E-state index in [4.69, 9.17) is 4.42 Å². The first-order valence-electron chi connectivity index (χ1n) is 8.36. The van der Waals surface area contributed by atoms with Crippen LogP contribution in [0.25, 0.3) is 0 Å². The minimum Gasteiger partial charge on any atom is -0.465 e. The van der Waals surface area contributed by atoms with Crippen molar-refractivity contribution in [2.24, 2.45) is 0 Å². The van der Waals surface area contributed by atoms with Gasteiger partial charge in [-0.1, -0.05) is 25.7 Å². The van der Waals surface area contributed by atoms with Crippen LogP contribution in [0.1, 0.15) is 54.6 Å². The zero-order valence-corrected chi connectivity index (χ0v) is 16.3. The molecule has 0 aromatic carbocycles. The number of esters is 1. The molecule has 0 spiro atoms. The third-order valence-corrected chi connectivity index (χ3v) is 5.59. The van der Waals surface area contributed by atoms with Crippen molar-refractivity contribution in [3.05, 3.63) is 17.4 Å². The van der Waals surface area contributed by atoms with Gasteiger partial charge in [-0.2, -0.15) is 0 Å². The van der Waals surface area contributed by atoms with Gasteiger partial charge < -0.3 is 14.5 Å². The van der Waals surface area contributed by atoms with Gasteiger partial charge in [0.05, 0.1) is 7.11 Å². The van der Waals surface area contributed by atoms with E-state index < -0.39 is 16.0 Å². The number of rotatable bonds is 7. The van der Waals surface area contributed by atoms with Crippen LogP contribution >= 0.6 is 12.4 Å². The number of sulfonamides is 1. The Morgan fingerprint density at radius 2 is 1.88 bits per heavy atom. The quantitative estimate of drug-likeness (QED) is 0.418. The first-order chi connectivity index (χ1) is 11.4. The summed E-state index contributed by atoms with van der Waals surface area (Å²) >= 11 is 0. The molecule has 9 heteroatoms. The Kier molecular flexibility index (Phi) is 8.92. The number of carbonyl (C=O) groups is 1. The average Bonchev–Trinajstić information content (AvgIpc) is 2.78. The lowest BCUT2D eigenvalue weighted by molar-refractivity contribution is 0.0598. The van der Waals surface area contributed by atoms with E-state index in [9.17, 15) is 13.2 Å². The van der Waals surface area contributed by atoms with Gasteiger partial charge >= 0.3 is 5.97 Å². The van der Waals surface area contributed by atoms with E-state index in [2.05, 4.69) is 14.8 Å². The lowest BCUT2D eigenvalue weighted by Crippen LogP contribution is -2.36. The van der Waals surface area contributed by atoms with E-state index in [1.807, 2.05) is 0 Å². The Morgan fingerprint density at radius 1 is 1.24 bits per heavy atom. The van der Waals surface area contributed by atoms with Gasteiger partial charge in [-0.25, -0.2) is 17.9 Å². The van der Waals surface area contributed by atoms with Gasteiger partial charge in [0, 0.05) is 25.2 Å². The van der Waals surface area contributed by atoms with E-state index >= 15 is 0 Å². The number of methoxy groups -OCH3 is 1. The molecule has 25 heavy (non-hydrogen) atoms. The van der Waals surface area contributed by atoms with Crippen molar-refractivity contribution < 1.29 is 22.4 Å². The highest BCUT2D eigenvalue weighted by Gasteiger charge is 2.24. The fourth-order valence-electron chi connectivity index (χ4n) is 2.92. The van der Waals surface area contributed by atoms with Gasteiger partial charge in [-0.05, 0) is 19.8 Å². The molecular formula is C16H27ClN2O5S. The molecule has 1 saturated carbocycles. The molecule has 0 unspecified atom stereocenters. The molecule has 1 aromatic heterocycles. The Hall–Kier alpha value is -1.09. The second-order valence-corrected chi connectivity index (χ2v) is 7.77. The largest absolute Gasteiger partial charge is 0.465 e.